The summed E-state index contributed by atoms with van der Waals surface area (Å²) in [6, 6.07) is 4.73. The Bertz CT molecular complexity index is 813. The molecule has 2 aromatic rings. The van der Waals surface area contributed by atoms with Crippen molar-refractivity contribution in [1.29, 1.82) is 0 Å². The molecule has 1 N–H and O–H groups in total. The Morgan fingerprint density at radius 1 is 1.41 bits per heavy atom. The first-order valence-electron chi connectivity index (χ1n) is 10.5. The van der Waals surface area contributed by atoms with Crippen LogP contribution >= 0.6 is 11.3 Å². The monoisotopic (exact) mass is 417 g/mol. The Hall–Kier alpha value is -1.74. The molecular formula is C21H31N5O2S. The fourth-order valence-corrected chi connectivity index (χ4v) is 5.11. The highest BCUT2D eigenvalue weighted by Gasteiger charge is 2.30. The molecule has 1 saturated heterocycles. The second-order valence-electron chi connectivity index (χ2n) is 8.00. The summed E-state index contributed by atoms with van der Waals surface area (Å²) in [5.74, 6) is -0.0448. The van der Waals surface area contributed by atoms with Crippen LogP contribution in [0.1, 0.15) is 33.0 Å². The van der Waals surface area contributed by atoms with E-state index in [9.17, 15) is 4.79 Å². The van der Waals surface area contributed by atoms with Crippen molar-refractivity contribution in [3.63, 3.8) is 0 Å². The Morgan fingerprint density at radius 2 is 2.24 bits per heavy atom. The third kappa shape index (κ3) is 4.88. The van der Waals surface area contributed by atoms with E-state index in [0.29, 0.717) is 18.3 Å². The Kier molecular flexibility index (Phi) is 6.64. The van der Waals surface area contributed by atoms with Gasteiger partial charge in [-0.1, -0.05) is 6.07 Å². The summed E-state index contributed by atoms with van der Waals surface area (Å²) >= 11 is 1.80. The van der Waals surface area contributed by atoms with Gasteiger partial charge in [0.1, 0.15) is 0 Å². The van der Waals surface area contributed by atoms with Gasteiger partial charge in [-0.05, 0) is 37.8 Å². The number of carbonyl (C=O) groups is 1. The lowest BCUT2D eigenvalue weighted by Crippen LogP contribution is -2.41. The van der Waals surface area contributed by atoms with Crippen molar-refractivity contribution in [3.8, 4) is 0 Å². The number of carbonyl (C=O) groups excluding carboxylic acids is 1. The fraction of sp³-hybridized carbons (Fsp3) is 0.619. The van der Waals surface area contributed by atoms with Crippen LogP contribution in [0.2, 0.25) is 0 Å². The number of morpholine rings is 1. The van der Waals surface area contributed by atoms with E-state index in [1.54, 1.807) is 11.3 Å². The van der Waals surface area contributed by atoms with Crippen molar-refractivity contribution in [2.45, 2.75) is 31.8 Å². The van der Waals surface area contributed by atoms with Crippen molar-refractivity contribution in [2.75, 3.05) is 46.4 Å². The van der Waals surface area contributed by atoms with Crippen molar-refractivity contribution in [3.05, 3.63) is 39.3 Å². The van der Waals surface area contributed by atoms with Gasteiger partial charge >= 0.3 is 0 Å². The van der Waals surface area contributed by atoms with Crippen LogP contribution in [0.15, 0.2) is 17.5 Å². The van der Waals surface area contributed by atoms with Gasteiger partial charge in [-0.25, -0.2) is 0 Å². The van der Waals surface area contributed by atoms with E-state index in [4.69, 9.17) is 4.74 Å². The molecule has 8 heteroatoms. The topological polar surface area (TPSA) is 62.6 Å². The van der Waals surface area contributed by atoms with Crippen LogP contribution in [0.5, 0.6) is 0 Å². The minimum Gasteiger partial charge on any atom is -0.379 e. The van der Waals surface area contributed by atoms with Crippen molar-refractivity contribution < 1.29 is 9.53 Å². The maximum Gasteiger partial charge on any atom is 0.272 e. The maximum absolute atomic E-state index is 12.9. The molecule has 1 fully saturated rings. The molecule has 0 radical (unpaired) electrons. The zero-order valence-electron chi connectivity index (χ0n) is 17.4. The molecule has 29 heavy (non-hydrogen) atoms. The van der Waals surface area contributed by atoms with Crippen molar-refractivity contribution in [1.82, 2.24) is 24.9 Å². The molecule has 1 atom stereocenters. The van der Waals surface area contributed by atoms with Crippen molar-refractivity contribution in [2.24, 2.45) is 7.05 Å². The summed E-state index contributed by atoms with van der Waals surface area (Å²) in [5.41, 5.74) is 2.95. The van der Waals surface area contributed by atoms with E-state index in [1.807, 2.05) is 11.7 Å². The molecule has 0 saturated carbocycles. The Labute approximate surface area is 176 Å². The molecule has 0 aromatic carbocycles. The third-order valence-electron chi connectivity index (χ3n) is 6.07. The summed E-state index contributed by atoms with van der Waals surface area (Å²) in [6.45, 7) is 5.89. The second-order valence-corrected chi connectivity index (χ2v) is 9.03. The van der Waals surface area contributed by atoms with Crippen LogP contribution in [0.3, 0.4) is 0 Å². The highest BCUT2D eigenvalue weighted by Crippen LogP contribution is 2.27. The van der Waals surface area contributed by atoms with E-state index in [-0.39, 0.29) is 5.91 Å². The molecule has 1 aliphatic carbocycles. The molecule has 158 valence electrons. The van der Waals surface area contributed by atoms with Gasteiger partial charge in [0.25, 0.3) is 5.91 Å². The van der Waals surface area contributed by atoms with Gasteiger partial charge in [0.05, 0.1) is 13.2 Å². The van der Waals surface area contributed by atoms with Crippen LogP contribution in [-0.4, -0.2) is 78.0 Å². The van der Waals surface area contributed by atoms with Crippen LogP contribution in [0.25, 0.3) is 0 Å². The molecule has 2 aliphatic rings. The summed E-state index contributed by atoms with van der Waals surface area (Å²) < 4.78 is 7.28. The molecule has 0 spiro atoms. The molecule has 4 rings (SSSR count). The first-order chi connectivity index (χ1) is 14.1. The predicted octanol–water partition coefficient (Wildman–Crippen LogP) is 1.53. The summed E-state index contributed by atoms with van der Waals surface area (Å²) in [5, 5.41) is 9.79. The lowest BCUT2D eigenvalue weighted by atomic mass is 9.90. The number of aromatic nitrogens is 2. The number of nitrogens with zero attached hydrogens (tertiary/aromatic N) is 4. The number of likely N-dealkylation sites (N-methyl/N-ethyl adjacent to an activating group) is 1. The average molecular weight is 418 g/mol. The number of hydrogen-bond acceptors (Lipinski definition) is 6. The lowest BCUT2D eigenvalue weighted by Gasteiger charge is -2.31. The Morgan fingerprint density at radius 3 is 3.00 bits per heavy atom. The van der Waals surface area contributed by atoms with Gasteiger partial charge in [0, 0.05) is 61.9 Å². The number of hydrogen-bond donors (Lipinski definition) is 1. The minimum atomic E-state index is -0.0448. The maximum atomic E-state index is 12.9. The molecule has 7 nitrogen and oxygen atoms in total. The highest BCUT2D eigenvalue weighted by molar-refractivity contribution is 7.09. The average Bonchev–Trinajstić information content (AvgIpc) is 3.36. The highest BCUT2D eigenvalue weighted by atomic mass is 32.1. The van der Waals surface area contributed by atoms with Gasteiger partial charge in [0.2, 0.25) is 0 Å². The molecule has 1 unspecified atom stereocenters. The van der Waals surface area contributed by atoms with E-state index < -0.39 is 0 Å². The number of ether oxygens (including phenoxy) is 1. The van der Waals surface area contributed by atoms with Crippen LogP contribution in [0.4, 0.5) is 0 Å². The number of fused-ring (bicyclic) bond motifs is 1. The number of nitrogens with one attached hydrogen (secondary N) is 1. The first kappa shape index (κ1) is 20.5. The van der Waals surface area contributed by atoms with E-state index in [2.05, 4.69) is 44.8 Å². The Balaban J connectivity index is 1.37. The number of thiophene rings is 1. The van der Waals surface area contributed by atoms with Gasteiger partial charge < -0.3 is 10.1 Å². The zero-order chi connectivity index (χ0) is 20.2. The molecule has 1 aliphatic heterocycles. The quantitative estimate of drug-likeness (QED) is 0.740. The van der Waals surface area contributed by atoms with E-state index in [0.717, 1.165) is 64.2 Å². The SMILES string of the molecule is CN(Cc1cccs1)C1CCc2c(c(C(=O)NCCN3CCOCC3)nn2C)C1. The molecule has 3 heterocycles. The molecule has 2 aromatic heterocycles. The largest absolute Gasteiger partial charge is 0.379 e. The predicted molar refractivity (Wildman–Crippen MR) is 114 cm³/mol. The van der Waals surface area contributed by atoms with E-state index >= 15 is 0 Å². The molecule has 1 amide bonds. The zero-order valence-corrected chi connectivity index (χ0v) is 18.2. The summed E-state index contributed by atoms with van der Waals surface area (Å²) in [6.07, 6.45) is 2.96. The number of aryl methyl sites for hydroxylation is 1. The normalized spacial score (nSPS) is 20.0. The number of rotatable bonds is 7. The van der Waals surface area contributed by atoms with Gasteiger partial charge in [-0.2, -0.15) is 5.10 Å². The summed E-state index contributed by atoms with van der Waals surface area (Å²) in [7, 11) is 4.15. The lowest BCUT2D eigenvalue weighted by molar-refractivity contribution is 0.0383. The number of amides is 1. The standard InChI is InChI=1S/C21H31N5O2S/c1-24(15-17-4-3-13-29-17)16-5-6-19-18(14-16)20(23-25(19)2)21(27)22-7-8-26-9-11-28-12-10-26/h3-4,13,16H,5-12,14-15H2,1-2H3,(H,22,27). The van der Waals surface area contributed by atoms with Gasteiger partial charge in [-0.15, -0.1) is 11.3 Å². The summed E-state index contributed by atoms with van der Waals surface area (Å²) in [4.78, 5) is 19.0. The van der Waals surface area contributed by atoms with Crippen molar-refractivity contribution >= 4 is 17.2 Å². The van der Waals surface area contributed by atoms with Crippen LogP contribution in [-0.2, 0) is 31.2 Å². The van der Waals surface area contributed by atoms with E-state index in [1.165, 1.54) is 10.6 Å². The molecule has 0 bridgehead atoms. The first-order valence-corrected chi connectivity index (χ1v) is 11.4. The molecular weight excluding hydrogens is 386 g/mol. The minimum absolute atomic E-state index is 0.0448. The smallest absolute Gasteiger partial charge is 0.272 e. The van der Waals surface area contributed by atoms with Crippen LogP contribution in [0, 0.1) is 0 Å². The van der Waals surface area contributed by atoms with Gasteiger partial charge in [-0.3, -0.25) is 19.3 Å². The van der Waals surface area contributed by atoms with Crippen LogP contribution < -0.4 is 5.32 Å². The third-order valence-corrected chi connectivity index (χ3v) is 6.93. The van der Waals surface area contributed by atoms with Gasteiger partial charge in [0.15, 0.2) is 5.69 Å². The second kappa shape index (κ2) is 9.38. The fourth-order valence-electron chi connectivity index (χ4n) is 4.34.